The van der Waals surface area contributed by atoms with Crippen molar-refractivity contribution in [3.63, 3.8) is 0 Å². The normalized spacial score (nSPS) is 7.20. The van der Waals surface area contributed by atoms with Crippen molar-refractivity contribution in [2.24, 2.45) is 11.8 Å². The van der Waals surface area contributed by atoms with Crippen molar-refractivity contribution in [3.05, 3.63) is 13.8 Å². The van der Waals surface area contributed by atoms with E-state index in [1.165, 1.54) is 0 Å². The number of hydrogen-bond acceptors (Lipinski definition) is 0. The maximum Gasteiger partial charge on any atom is 2.00 e. The third-order valence-corrected chi connectivity index (χ3v) is 0. The Kier molecular flexibility index (Phi) is 37.3. The summed E-state index contributed by atoms with van der Waals surface area (Å²) in [7, 11) is 0. The molecule has 0 spiro atoms. The molecule has 2 heteroatoms. The van der Waals surface area contributed by atoms with Gasteiger partial charge in [0.25, 0.3) is 0 Å². The molecular formula is C8H18BrZn-. The summed E-state index contributed by atoms with van der Waals surface area (Å²) >= 11 is 0. The van der Waals surface area contributed by atoms with Crippen LogP contribution in [0.1, 0.15) is 27.7 Å². The second-order valence-electron chi connectivity index (χ2n) is 2.79. The maximum absolute atomic E-state index is 3.64. The molecule has 0 fully saturated rings. The van der Waals surface area contributed by atoms with Crippen molar-refractivity contribution < 1.29 is 36.5 Å². The molecule has 60 valence electrons. The number of hydrogen-bond donors (Lipinski definition) is 0. The molecule has 0 nitrogen and oxygen atoms in total. The van der Waals surface area contributed by atoms with Gasteiger partial charge >= 0.3 is 19.5 Å². The van der Waals surface area contributed by atoms with Crippen molar-refractivity contribution in [3.8, 4) is 0 Å². The molecule has 0 aromatic carbocycles. The summed E-state index contributed by atoms with van der Waals surface area (Å²) in [6.45, 7) is 15.5. The van der Waals surface area contributed by atoms with Crippen molar-refractivity contribution in [1.82, 2.24) is 0 Å². The first kappa shape index (κ1) is 22.5. The van der Waals surface area contributed by atoms with E-state index in [2.05, 4.69) is 41.5 Å². The molecule has 0 aliphatic rings. The largest absolute Gasteiger partial charge is 2.00 e. The molecule has 0 rings (SSSR count). The van der Waals surface area contributed by atoms with Crippen LogP contribution < -0.4 is 17.0 Å². The van der Waals surface area contributed by atoms with E-state index in [0.717, 1.165) is 0 Å². The molecule has 0 aliphatic carbocycles. The molecule has 0 N–H and O–H groups in total. The minimum Gasteiger partial charge on any atom is -1.00 e. The van der Waals surface area contributed by atoms with Gasteiger partial charge in [-0.05, 0) is 0 Å². The van der Waals surface area contributed by atoms with Crippen LogP contribution in [-0.2, 0) is 19.5 Å². The first-order valence-corrected chi connectivity index (χ1v) is 3.13. The zero-order valence-corrected chi connectivity index (χ0v) is 12.2. The van der Waals surface area contributed by atoms with E-state index in [-0.39, 0.29) is 36.5 Å². The molecule has 0 saturated heterocycles. The molecule has 0 bridgehead atoms. The summed E-state index contributed by atoms with van der Waals surface area (Å²) in [4.78, 5) is 0. The fourth-order valence-corrected chi connectivity index (χ4v) is 0. The second kappa shape index (κ2) is 16.6. The van der Waals surface area contributed by atoms with Gasteiger partial charge in [-0.15, -0.1) is 0 Å². The zero-order valence-electron chi connectivity index (χ0n) is 7.65. The zero-order chi connectivity index (χ0) is 7.15. The van der Waals surface area contributed by atoms with Crippen LogP contribution in [-0.4, -0.2) is 0 Å². The molecule has 10 heavy (non-hydrogen) atoms. The molecular weight excluding hydrogens is 241 g/mol. The molecule has 0 heterocycles. The molecule has 0 radical (unpaired) electrons. The Bertz CT molecular complexity index is 24.7. The Morgan fingerprint density at radius 3 is 0.800 bits per heavy atom. The van der Waals surface area contributed by atoms with Gasteiger partial charge in [-0.1, -0.05) is 27.7 Å². The van der Waals surface area contributed by atoms with Crippen LogP contribution in [0.25, 0.3) is 0 Å². The molecule has 0 saturated carbocycles. The average molecular weight is 260 g/mol. The Hall–Kier alpha value is 1.10. The van der Waals surface area contributed by atoms with Gasteiger partial charge < -0.3 is 30.8 Å². The van der Waals surface area contributed by atoms with Crippen LogP contribution in [0, 0.1) is 25.7 Å². The second-order valence-corrected chi connectivity index (χ2v) is 2.79. The summed E-state index contributed by atoms with van der Waals surface area (Å²) < 4.78 is 0. The van der Waals surface area contributed by atoms with Crippen LogP contribution in [0.4, 0.5) is 0 Å². The van der Waals surface area contributed by atoms with Crippen LogP contribution in [0.3, 0.4) is 0 Å². The van der Waals surface area contributed by atoms with Gasteiger partial charge in [0, 0.05) is 0 Å². The summed E-state index contributed by atoms with van der Waals surface area (Å²) in [5, 5.41) is 0. The SMILES string of the molecule is [Br-].[CH2-]C(C)C.[CH2-]C(C)C.[Zn+2]. The first-order chi connectivity index (χ1) is 3.46. The van der Waals surface area contributed by atoms with E-state index < -0.39 is 0 Å². The molecule has 0 aromatic heterocycles. The van der Waals surface area contributed by atoms with Crippen molar-refractivity contribution in [1.29, 1.82) is 0 Å². The standard InChI is InChI=1S/2C4H9.BrH.Zn/c2*1-4(2)3;;/h2*4H,1H2,2-3H3;1H;/q2*-1;;+2/p-1. The Labute approximate surface area is 89.7 Å². The maximum atomic E-state index is 3.64. The topological polar surface area (TPSA) is 0 Å². The molecule has 0 aliphatic heterocycles. The van der Waals surface area contributed by atoms with Crippen LogP contribution in [0.15, 0.2) is 0 Å². The molecule has 0 atom stereocenters. The van der Waals surface area contributed by atoms with Crippen LogP contribution >= 0.6 is 0 Å². The Balaban J connectivity index is -0.0000000300. The van der Waals surface area contributed by atoms with Crippen LogP contribution in [0.2, 0.25) is 0 Å². The summed E-state index contributed by atoms with van der Waals surface area (Å²) in [6, 6.07) is 0. The van der Waals surface area contributed by atoms with Crippen molar-refractivity contribution in [2.45, 2.75) is 27.7 Å². The smallest absolute Gasteiger partial charge is 1.00 e. The van der Waals surface area contributed by atoms with Gasteiger partial charge in [0.2, 0.25) is 0 Å². The van der Waals surface area contributed by atoms with E-state index in [9.17, 15) is 0 Å². The Morgan fingerprint density at radius 1 is 0.800 bits per heavy atom. The van der Waals surface area contributed by atoms with Crippen LogP contribution in [0.5, 0.6) is 0 Å². The van der Waals surface area contributed by atoms with Gasteiger partial charge in [0.1, 0.15) is 0 Å². The minimum atomic E-state index is 0. The number of rotatable bonds is 0. The first-order valence-electron chi connectivity index (χ1n) is 3.13. The van der Waals surface area contributed by atoms with E-state index in [1.807, 2.05) is 0 Å². The number of halogens is 1. The summed E-state index contributed by atoms with van der Waals surface area (Å²) in [5.74, 6) is 1.17. The van der Waals surface area contributed by atoms with Crippen molar-refractivity contribution >= 4 is 0 Å². The third kappa shape index (κ3) is 491. The van der Waals surface area contributed by atoms with Gasteiger partial charge in [0.05, 0.1) is 0 Å². The van der Waals surface area contributed by atoms with Crippen molar-refractivity contribution in [2.75, 3.05) is 0 Å². The predicted octanol–water partition coefficient (Wildman–Crippen LogP) is -0.0455. The molecule has 0 aromatic rings. The quantitative estimate of drug-likeness (QED) is 0.423. The minimum absolute atomic E-state index is 0. The van der Waals surface area contributed by atoms with Gasteiger partial charge in [-0.2, -0.15) is 11.8 Å². The third-order valence-electron chi connectivity index (χ3n) is 0. The predicted molar refractivity (Wildman–Crippen MR) is 40.4 cm³/mol. The molecule has 0 unspecified atom stereocenters. The van der Waals surface area contributed by atoms with E-state index >= 15 is 0 Å². The molecule has 0 amide bonds. The summed E-state index contributed by atoms with van der Waals surface area (Å²) in [5.41, 5.74) is 0. The van der Waals surface area contributed by atoms with E-state index in [4.69, 9.17) is 0 Å². The van der Waals surface area contributed by atoms with Gasteiger partial charge in [-0.3, -0.25) is 0 Å². The average Bonchev–Trinajstić information content (AvgIpc) is 1.25. The fourth-order valence-electron chi connectivity index (χ4n) is 0. The van der Waals surface area contributed by atoms with E-state index in [0.29, 0.717) is 11.8 Å². The fraction of sp³-hybridized carbons (Fsp3) is 0.750. The monoisotopic (exact) mass is 257 g/mol. The van der Waals surface area contributed by atoms with E-state index in [1.54, 1.807) is 0 Å². The Morgan fingerprint density at radius 2 is 0.800 bits per heavy atom. The van der Waals surface area contributed by atoms with Gasteiger partial charge in [0.15, 0.2) is 0 Å². The summed E-state index contributed by atoms with van der Waals surface area (Å²) in [6.07, 6.45) is 0. The van der Waals surface area contributed by atoms with Gasteiger partial charge in [-0.25, -0.2) is 0 Å².